The van der Waals surface area contributed by atoms with Crippen LogP contribution in [0.25, 0.3) is 0 Å². The summed E-state index contributed by atoms with van der Waals surface area (Å²) < 4.78 is 20.8. The highest BCUT2D eigenvalue weighted by atomic mass is 16.5. The molecular weight excluding hydrogens is 388 g/mol. The Bertz CT molecular complexity index is 862. The van der Waals surface area contributed by atoms with Gasteiger partial charge in [0.1, 0.15) is 0 Å². The Morgan fingerprint density at radius 3 is 2.37 bits per heavy atom. The van der Waals surface area contributed by atoms with E-state index in [2.05, 4.69) is 10.2 Å². The van der Waals surface area contributed by atoms with Gasteiger partial charge in [-0.1, -0.05) is 6.07 Å². The highest BCUT2D eigenvalue weighted by Crippen LogP contribution is 2.27. The van der Waals surface area contributed by atoms with Gasteiger partial charge >= 0.3 is 5.97 Å². The van der Waals surface area contributed by atoms with Crippen molar-refractivity contribution in [3.05, 3.63) is 48.0 Å². The van der Waals surface area contributed by atoms with Crippen LogP contribution >= 0.6 is 0 Å². The van der Waals surface area contributed by atoms with Gasteiger partial charge in [-0.05, 0) is 42.0 Å². The van der Waals surface area contributed by atoms with Gasteiger partial charge in [-0.25, -0.2) is 0 Å². The monoisotopic (exact) mass is 414 g/mol. The molecule has 1 fully saturated rings. The van der Waals surface area contributed by atoms with Crippen molar-refractivity contribution in [1.29, 1.82) is 0 Å². The molecule has 160 valence electrons. The van der Waals surface area contributed by atoms with Crippen LogP contribution in [0.5, 0.6) is 11.5 Å². The number of anilines is 2. The van der Waals surface area contributed by atoms with E-state index in [0.29, 0.717) is 36.0 Å². The molecule has 1 aliphatic heterocycles. The van der Waals surface area contributed by atoms with Crippen molar-refractivity contribution in [1.82, 2.24) is 0 Å². The van der Waals surface area contributed by atoms with Crippen LogP contribution in [0.4, 0.5) is 11.4 Å². The van der Waals surface area contributed by atoms with Crippen LogP contribution in [-0.2, 0) is 25.5 Å². The molecule has 2 aromatic carbocycles. The number of ether oxygens (including phenoxy) is 4. The lowest BCUT2D eigenvalue weighted by Crippen LogP contribution is -2.36. The lowest BCUT2D eigenvalue weighted by molar-refractivity contribution is -0.146. The minimum absolute atomic E-state index is 0.0296. The molecule has 0 bridgehead atoms. The average Bonchev–Trinajstić information content (AvgIpc) is 2.78. The number of nitrogens with one attached hydrogen (secondary N) is 1. The zero-order valence-electron chi connectivity index (χ0n) is 17.2. The highest BCUT2D eigenvalue weighted by Gasteiger charge is 2.13. The number of carbonyl (C=O) groups excluding carboxylic acids is 2. The Balaban J connectivity index is 1.45. The molecule has 8 nitrogen and oxygen atoms in total. The first-order valence-electron chi connectivity index (χ1n) is 9.68. The van der Waals surface area contributed by atoms with Crippen molar-refractivity contribution < 1.29 is 28.5 Å². The largest absolute Gasteiger partial charge is 0.493 e. The van der Waals surface area contributed by atoms with Crippen LogP contribution in [0.2, 0.25) is 0 Å². The number of benzene rings is 2. The summed E-state index contributed by atoms with van der Waals surface area (Å²) in [6.07, 6.45) is 0.0296. The van der Waals surface area contributed by atoms with E-state index in [1.165, 1.54) is 7.11 Å². The quantitative estimate of drug-likeness (QED) is 0.663. The van der Waals surface area contributed by atoms with Gasteiger partial charge in [0.15, 0.2) is 18.1 Å². The fraction of sp³-hybridized carbons (Fsp3) is 0.364. The third kappa shape index (κ3) is 5.87. The maximum atomic E-state index is 12.1. The van der Waals surface area contributed by atoms with Gasteiger partial charge in [0.25, 0.3) is 5.91 Å². The molecule has 0 spiro atoms. The number of esters is 1. The lowest BCUT2D eigenvalue weighted by atomic mass is 10.1. The van der Waals surface area contributed by atoms with Crippen LogP contribution < -0.4 is 19.7 Å². The molecule has 30 heavy (non-hydrogen) atoms. The van der Waals surface area contributed by atoms with Crippen molar-refractivity contribution in [3.63, 3.8) is 0 Å². The number of amides is 1. The van der Waals surface area contributed by atoms with Gasteiger partial charge in [0.2, 0.25) is 0 Å². The van der Waals surface area contributed by atoms with E-state index in [0.717, 1.165) is 18.8 Å². The maximum Gasteiger partial charge on any atom is 0.310 e. The molecule has 2 aromatic rings. The first-order chi connectivity index (χ1) is 14.6. The van der Waals surface area contributed by atoms with E-state index in [-0.39, 0.29) is 13.0 Å². The zero-order valence-corrected chi connectivity index (χ0v) is 17.2. The van der Waals surface area contributed by atoms with E-state index < -0.39 is 11.9 Å². The van der Waals surface area contributed by atoms with Crippen molar-refractivity contribution in [3.8, 4) is 11.5 Å². The number of hydrogen-bond acceptors (Lipinski definition) is 7. The first kappa shape index (κ1) is 21.4. The van der Waals surface area contributed by atoms with Gasteiger partial charge in [0, 0.05) is 24.5 Å². The second-order valence-electron chi connectivity index (χ2n) is 6.72. The van der Waals surface area contributed by atoms with E-state index in [4.69, 9.17) is 18.9 Å². The predicted octanol–water partition coefficient (Wildman–Crippen LogP) is 2.26. The summed E-state index contributed by atoms with van der Waals surface area (Å²) in [6, 6.07) is 12.7. The molecule has 0 atom stereocenters. The van der Waals surface area contributed by atoms with Gasteiger partial charge < -0.3 is 29.2 Å². The van der Waals surface area contributed by atoms with Crippen molar-refractivity contribution in [2.45, 2.75) is 6.42 Å². The molecule has 0 aliphatic carbocycles. The van der Waals surface area contributed by atoms with E-state index in [1.807, 2.05) is 24.3 Å². The predicted molar refractivity (Wildman–Crippen MR) is 112 cm³/mol. The lowest BCUT2D eigenvalue weighted by Gasteiger charge is -2.28. The maximum absolute atomic E-state index is 12.1. The van der Waals surface area contributed by atoms with Crippen molar-refractivity contribution in [2.75, 3.05) is 57.3 Å². The molecule has 3 rings (SSSR count). The van der Waals surface area contributed by atoms with Gasteiger partial charge in [-0.15, -0.1) is 0 Å². The second-order valence-corrected chi connectivity index (χ2v) is 6.72. The van der Waals surface area contributed by atoms with Gasteiger partial charge in [0.05, 0.1) is 33.9 Å². The fourth-order valence-corrected chi connectivity index (χ4v) is 3.13. The SMILES string of the molecule is COc1ccc(CC(=O)OCC(=O)Nc2ccc(N3CCOCC3)cc2)cc1OC. The van der Waals surface area contributed by atoms with Crippen LogP contribution in [0.3, 0.4) is 0 Å². The molecule has 1 heterocycles. The summed E-state index contributed by atoms with van der Waals surface area (Å²) >= 11 is 0. The van der Waals surface area contributed by atoms with E-state index in [9.17, 15) is 9.59 Å². The third-order valence-electron chi connectivity index (χ3n) is 4.69. The standard InChI is InChI=1S/C22H26N2O6/c1-27-19-8-3-16(13-20(19)28-2)14-22(26)30-15-21(25)23-17-4-6-18(7-5-17)24-9-11-29-12-10-24/h3-8,13H,9-12,14-15H2,1-2H3,(H,23,25). The summed E-state index contributed by atoms with van der Waals surface area (Å²) in [7, 11) is 3.07. The molecule has 1 N–H and O–H groups in total. The third-order valence-corrected chi connectivity index (χ3v) is 4.69. The van der Waals surface area contributed by atoms with Crippen LogP contribution in [0.15, 0.2) is 42.5 Å². The summed E-state index contributed by atoms with van der Waals surface area (Å²) in [5, 5.41) is 2.73. The van der Waals surface area contributed by atoms with Crippen LogP contribution in [0.1, 0.15) is 5.56 Å². The molecule has 1 saturated heterocycles. The summed E-state index contributed by atoms with van der Waals surface area (Å²) in [5.41, 5.74) is 2.43. The normalized spacial score (nSPS) is 13.5. The zero-order chi connectivity index (χ0) is 21.3. The number of rotatable bonds is 8. The molecule has 0 saturated carbocycles. The summed E-state index contributed by atoms with van der Waals surface area (Å²) in [4.78, 5) is 26.4. The number of carbonyl (C=O) groups is 2. The smallest absolute Gasteiger partial charge is 0.310 e. The van der Waals surface area contributed by atoms with Crippen LogP contribution in [0, 0.1) is 0 Å². The Morgan fingerprint density at radius 2 is 1.70 bits per heavy atom. The second kappa shape index (κ2) is 10.5. The van der Waals surface area contributed by atoms with Crippen LogP contribution in [-0.4, -0.2) is 59.0 Å². The molecule has 0 aromatic heterocycles. The molecule has 0 radical (unpaired) electrons. The number of methoxy groups -OCH3 is 2. The van der Waals surface area contributed by atoms with E-state index in [1.54, 1.807) is 25.3 Å². The first-order valence-corrected chi connectivity index (χ1v) is 9.68. The van der Waals surface area contributed by atoms with Crippen molar-refractivity contribution in [2.24, 2.45) is 0 Å². The average molecular weight is 414 g/mol. The van der Waals surface area contributed by atoms with Gasteiger partial charge in [-0.2, -0.15) is 0 Å². The number of morpholine rings is 1. The number of nitrogens with zero attached hydrogens (tertiary/aromatic N) is 1. The van der Waals surface area contributed by atoms with Gasteiger partial charge in [-0.3, -0.25) is 9.59 Å². The van der Waals surface area contributed by atoms with E-state index >= 15 is 0 Å². The Hall–Kier alpha value is -3.26. The highest BCUT2D eigenvalue weighted by molar-refractivity contribution is 5.93. The minimum Gasteiger partial charge on any atom is -0.493 e. The summed E-state index contributed by atoms with van der Waals surface area (Å²) in [6.45, 7) is 2.78. The summed E-state index contributed by atoms with van der Waals surface area (Å²) in [5.74, 6) is 0.213. The fourth-order valence-electron chi connectivity index (χ4n) is 3.13. The molecule has 8 heteroatoms. The molecule has 0 unspecified atom stereocenters. The Kier molecular flexibility index (Phi) is 7.51. The minimum atomic E-state index is -0.500. The Labute approximate surface area is 175 Å². The topological polar surface area (TPSA) is 86.3 Å². The van der Waals surface area contributed by atoms with Crippen molar-refractivity contribution >= 4 is 23.3 Å². The molecule has 1 aliphatic rings. The number of hydrogen-bond donors (Lipinski definition) is 1. The molecule has 1 amide bonds. The molecular formula is C22H26N2O6. The Morgan fingerprint density at radius 1 is 1.00 bits per heavy atom.